The molecule has 0 aromatic heterocycles. The van der Waals surface area contributed by atoms with Crippen molar-refractivity contribution >= 4 is 23.3 Å². The summed E-state index contributed by atoms with van der Waals surface area (Å²) in [5, 5.41) is 2.52. The van der Waals surface area contributed by atoms with Gasteiger partial charge >= 0.3 is 5.97 Å². The molecule has 0 atom stereocenters. The second-order valence-electron chi connectivity index (χ2n) is 3.76. The zero-order valence-electron chi connectivity index (χ0n) is 10.7. The lowest BCUT2D eigenvalue weighted by Crippen LogP contribution is -2.33. The SMILES string of the molecule is CNC(=O)CN(C)c1cccc(C(=O)OC)c1N. The first kappa shape index (κ1) is 13.8. The van der Waals surface area contributed by atoms with Gasteiger partial charge in [0.05, 0.1) is 30.6 Å². The van der Waals surface area contributed by atoms with E-state index in [1.165, 1.54) is 7.11 Å². The fraction of sp³-hybridized carbons (Fsp3) is 0.333. The number of rotatable bonds is 4. The average molecular weight is 251 g/mol. The monoisotopic (exact) mass is 251 g/mol. The molecule has 0 fully saturated rings. The molecule has 0 radical (unpaired) electrons. The van der Waals surface area contributed by atoms with Gasteiger partial charge in [-0.2, -0.15) is 0 Å². The number of carbonyl (C=O) groups is 2. The summed E-state index contributed by atoms with van der Waals surface area (Å²) in [6.07, 6.45) is 0. The predicted molar refractivity (Wildman–Crippen MR) is 69.5 cm³/mol. The number of ether oxygens (including phenoxy) is 1. The van der Waals surface area contributed by atoms with Crippen LogP contribution in [0.4, 0.5) is 11.4 Å². The van der Waals surface area contributed by atoms with Crippen LogP contribution in [0, 0.1) is 0 Å². The summed E-state index contributed by atoms with van der Waals surface area (Å²) < 4.78 is 4.64. The van der Waals surface area contributed by atoms with Crippen molar-refractivity contribution in [2.45, 2.75) is 0 Å². The molecule has 1 aromatic carbocycles. The minimum Gasteiger partial charge on any atom is -0.465 e. The first-order valence-corrected chi connectivity index (χ1v) is 5.39. The number of hydrogen-bond acceptors (Lipinski definition) is 5. The Balaban J connectivity index is 3.03. The summed E-state index contributed by atoms with van der Waals surface area (Å²) >= 11 is 0. The maximum absolute atomic E-state index is 11.5. The summed E-state index contributed by atoms with van der Waals surface area (Å²) in [7, 11) is 4.58. The average Bonchev–Trinajstić information content (AvgIpc) is 2.37. The molecule has 0 saturated heterocycles. The number of hydrogen-bond donors (Lipinski definition) is 2. The highest BCUT2D eigenvalue weighted by atomic mass is 16.5. The quantitative estimate of drug-likeness (QED) is 0.591. The first-order chi connectivity index (χ1) is 8.51. The number of benzene rings is 1. The Hall–Kier alpha value is -2.24. The van der Waals surface area contributed by atoms with Gasteiger partial charge in [0.25, 0.3) is 0 Å². The number of nitrogen functional groups attached to an aromatic ring is 1. The van der Waals surface area contributed by atoms with Crippen molar-refractivity contribution in [1.82, 2.24) is 5.32 Å². The third-order valence-electron chi connectivity index (χ3n) is 2.56. The van der Waals surface area contributed by atoms with Crippen molar-refractivity contribution in [3.63, 3.8) is 0 Å². The first-order valence-electron chi connectivity index (χ1n) is 5.39. The molecule has 6 heteroatoms. The van der Waals surface area contributed by atoms with E-state index in [4.69, 9.17) is 5.73 Å². The highest BCUT2D eigenvalue weighted by Gasteiger charge is 2.15. The highest BCUT2D eigenvalue weighted by molar-refractivity contribution is 5.98. The van der Waals surface area contributed by atoms with E-state index < -0.39 is 5.97 Å². The maximum Gasteiger partial charge on any atom is 0.340 e. The zero-order chi connectivity index (χ0) is 13.7. The van der Waals surface area contributed by atoms with Gasteiger partial charge in [-0.25, -0.2) is 4.79 Å². The molecule has 1 aromatic rings. The van der Waals surface area contributed by atoms with Crippen LogP contribution < -0.4 is 16.0 Å². The molecule has 0 spiro atoms. The Labute approximate surface area is 106 Å². The summed E-state index contributed by atoms with van der Waals surface area (Å²) in [6.45, 7) is 0.158. The minimum atomic E-state index is -0.498. The van der Waals surface area contributed by atoms with Crippen LogP contribution in [0.3, 0.4) is 0 Å². The summed E-state index contributed by atoms with van der Waals surface area (Å²) in [5.74, 6) is -0.636. The number of esters is 1. The van der Waals surface area contributed by atoms with E-state index in [0.717, 1.165) is 0 Å². The minimum absolute atomic E-state index is 0.139. The van der Waals surface area contributed by atoms with E-state index >= 15 is 0 Å². The van der Waals surface area contributed by atoms with Crippen molar-refractivity contribution in [3.8, 4) is 0 Å². The number of amides is 1. The Morgan fingerprint density at radius 3 is 2.67 bits per heavy atom. The van der Waals surface area contributed by atoms with Gasteiger partial charge in [-0.05, 0) is 12.1 Å². The number of carbonyl (C=O) groups excluding carboxylic acids is 2. The van der Waals surface area contributed by atoms with Crippen molar-refractivity contribution in [2.24, 2.45) is 0 Å². The van der Waals surface area contributed by atoms with Crippen LogP contribution in [-0.2, 0) is 9.53 Å². The number of nitrogens with two attached hydrogens (primary N) is 1. The van der Waals surface area contributed by atoms with Crippen molar-refractivity contribution in [3.05, 3.63) is 23.8 Å². The molecule has 0 heterocycles. The number of methoxy groups -OCH3 is 1. The van der Waals surface area contributed by atoms with Crippen LogP contribution >= 0.6 is 0 Å². The Morgan fingerprint density at radius 2 is 2.11 bits per heavy atom. The van der Waals surface area contributed by atoms with E-state index in [-0.39, 0.29) is 12.5 Å². The number of anilines is 2. The zero-order valence-corrected chi connectivity index (χ0v) is 10.7. The van der Waals surface area contributed by atoms with Crippen LogP contribution in [0.25, 0.3) is 0 Å². The molecule has 0 saturated carbocycles. The maximum atomic E-state index is 11.5. The number of likely N-dealkylation sites (N-methyl/N-ethyl adjacent to an activating group) is 2. The van der Waals surface area contributed by atoms with Crippen molar-refractivity contribution in [1.29, 1.82) is 0 Å². The largest absolute Gasteiger partial charge is 0.465 e. The molecule has 0 aliphatic rings. The van der Waals surface area contributed by atoms with Crippen LogP contribution in [-0.4, -0.2) is 39.6 Å². The molecule has 18 heavy (non-hydrogen) atoms. The number of nitrogens with zero attached hydrogens (tertiary/aromatic N) is 1. The lowest BCUT2D eigenvalue weighted by molar-refractivity contribution is -0.119. The molecule has 1 rings (SSSR count). The second-order valence-corrected chi connectivity index (χ2v) is 3.76. The van der Waals surface area contributed by atoms with Crippen LogP contribution in [0.5, 0.6) is 0 Å². The van der Waals surface area contributed by atoms with Gasteiger partial charge in [-0.15, -0.1) is 0 Å². The van der Waals surface area contributed by atoms with Gasteiger partial charge in [0.1, 0.15) is 0 Å². The highest BCUT2D eigenvalue weighted by Crippen LogP contribution is 2.26. The predicted octanol–water partition coefficient (Wildman–Crippen LogP) is 0.238. The Morgan fingerprint density at radius 1 is 1.44 bits per heavy atom. The number of para-hydroxylation sites is 1. The van der Waals surface area contributed by atoms with Crippen LogP contribution in [0.1, 0.15) is 10.4 Å². The van der Waals surface area contributed by atoms with Gasteiger partial charge in [0.2, 0.25) is 5.91 Å². The van der Waals surface area contributed by atoms with E-state index in [2.05, 4.69) is 10.1 Å². The van der Waals surface area contributed by atoms with E-state index in [9.17, 15) is 9.59 Å². The molecular weight excluding hydrogens is 234 g/mol. The fourth-order valence-corrected chi connectivity index (χ4v) is 1.55. The van der Waals surface area contributed by atoms with E-state index in [1.807, 2.05) is 0 Å². The molecule has 0 aliphatic heterocycles. The standard InChI is InChI=1S/C12H17N3O3/c1-14-10(16)7-15(2)9-6-4-5-8(11(9)13)12(17)18-3/h4-6H,7,13H2,1-3H3,(H,14,16). The van der Waals surface area contributed by atoms with E-state index in [1.54, 1.807) is 37.2 Å². The Bertz CT molecular complexity index is 460. The van der Waals surface area contributed by atoms with Crippen molar-refractivity contribution in [2.75, 3.05) is 38.4 Å². The normalized spacial score (nSPS) is 9.72. The Kier molecular flexibility index (Phi) is 4.53. The van der Waals surface area contributed by atoms with Gasteiger partial charge in [-0.1, -0.05) is 6.07 Å². The smallest absolute Gasteiger partial charge is 0.340 e. The number of nitrogens with one attached hydrogen (secondary N) is 1. The van der Waals surface area contributed by atoms with E-state index in [0.29, 0.717) is 16.9 Å². The second kappa shape index (κ2) is 5.90. The summed E-state index contributed by atoms with van der Waals surface area (Å²) in [6, 6.07) is 5.02. The van der Waals surface area contributed by atoms with Gasteiger partial charge < -0.3 is 20.7 Å². The molecule has 0 aliphatic carbocycles. The molecule has 0 bridgehead atoms. The van der Waals surface area contributed by atoms with Gasteiger partial charge in [-0.3, -0.25) is 4.79 Å². The van der Waals surface area contributed by atoms with Gasteiger partial charge in [0, 0.05) is 14.1 Å². The molecule has 6 nitrogen and oxygen atoms in total. The molecule has 1 amide bonds. The van der Waals surface area contributed by atoms with Crippen molar-refractivity contribution < 1.29 is 14.3 Å². The third-order valence-corrected chi connectivity index (χ3v) is 2.56. The van der Waals surface area contributed by atoms with Crippen LogP contribution in [0.15, 0.2) is 18.2 Å². The molecule has 98 valence electrons. The topological polar surface area (TPSA) is 84.7 Å². The summed E-state index contributed by atoms with van der Waals surface area (Å²) in [4.78, 5) is 24.5. The molecule has 3 N–H and O–H groups in total. The molecular formula is C12H17N3O3. The third kappa shape index (κ3) is 2.91. The lowest BCUT2D eigenvalue weighted by atomic mass is 10.1. The fourth-order valence-electron chi connectivity index (χ4n) is 1.55. The molecule has 0 unspecified atom stereocenters. The summed E-state index contributed by atoms with van der Waals surface area (Å²) in [5.41, 5.74) is 7.11. The van der Waals surface area contributed by atoms with Gasteiger partial charge in [0.15, 0.2) is 0 Å². The van der Waals surface area contributed by atoms with Crippen LogP contribution in [0.2, 0.25) is 0 Å². The lowest BCUT2D eigenvalue weighted by Gasteiger charge is -2.21.